The number of hydrogen-bond donors (Lipinski definition) is 1. The Morgan fingerprint density at radius 3 is 3.00 bits per heavy atom. The Bertz CT molecular complexity index is 741. The normalized spacial score (nSPS) is 11.4. The molecule has 0 fully saturated rings. The maximum Gasteiger partial charge on any atom is 0.254 e. The lowest BCUT2D eigenvalue weighted by Crippen LogP contribution is -2.05. The topological polar surface area (TPSA) is 72.9 Å². The summed E-state index contributed by atoms with van der Waals surface area (Å²) < 4.78 is 3.62. The highest BCUT2D eigenvalue weighted by atomic mass is 15.4. The maximum absolute atomic E-state index is 4.52. The lowest BCUT2D eigenvalue weighted by atomic mass is 10.1. The van der Waals surface area contributed by atoms with Crippen LogP contribution in [0.5, 0.6) is 0 Å². The van der Waals surface area contributed by atoms with Crippen molar-refractivity contribution in [1.29, 1.82) is 0 Å². The zero-order valence-electron chi connectivity index (χ0n) is 12.5. The number of hydrogen-bond acceptors (Lipinski definition) is 5. The highest BCUT2D eigenvalue weighted by Crippen LogP contribution is 2.16. The van der Waals surface area contributed by atoms with E-state index in [1.165, 1.54) is 6.33 Å². The molecule has 7 heteroatoms. The Kier molecular flexibility index (Phi) is 3.55. The van der Waals surface area contributed by atoms with Crippen LogP contribution in [0.2, 0.25) is 0 Å². The Hall–Kier alpha value is -2.44. The first kappa shape index (κ1) is 13.5. The molecule has 0 spiro atoms. The highest BCUT2D eigenvalue weighted by molar-refractivity contribution is 5.54. The van der Waals surface area contributed by atoms with Gasteiger partial charge in [-0.2, -0.15) is 19.7 Å². The number of nitrogens with zero attached hydrogens (tertiary/aromatic N) is 6. The van der Waals surface area contributed by atoms with Gasteiger partial charge in [-0.15, -0.1) is 0 Å². The average molecular weight is 285 g/mol. The lowest BCUT2D eigenvalue weighted by Gasteiger charge is -2.06. The summed E-state index contributed by atoms with van der Waals surface area (Å²) in [6, 6.07) is 3.88. The third kappa shape index (κ3) is 3.01. The van der Waals surface area contributed by atoms with Crippen LogP contribution in [0.1, 0.15) is 26.0 Å². The van der Waals surface area contributed by atoms with Gasteiger partial charge in [0.1, 0.15) is 12.1 Å². The minimum atomic E-state index is 0.580. The molecule has 0 aliphatic rings. The van der Waals surface area contributed by atoms with E-state index in [1.54, 1.807) is 4.52 Å². The van der Waals surface area contributed by atoms with Crippen LogP contribution in [0, 0.1) is 12.8 Å². The molecule has 0 aliphatic carbocycles. The molecule has 7 nitrogen and oxygen atoms in total. The molecule has 0 bridgehead atoms. The second-order valence-electron chi connectivity index (χ2n) is 5.53. The van der Waals surface area contributed by atoms with Gasteiger partial charge in [0, 0.05) is 30.6 Å². The van der Waals surface area contributed by atoms with Gasteiger partial charge in [-0.3, -0.25) is 4.68 Å². The smallest absolute Gasteiger partial charge is 0.254 e. The Morgan fingerprint density at radius 1 is 1.33 bits per heavy atom. The molecule has 3 heterocycles. The number of nitrogens with one attached hydrogen (secondary N) is 1. The molecule has 0 radical (unpaired) electrons. The van der Waals surface area contributed by atoms with Crippen LogP contribution >= 0.6 is 0 Å². The molecule has 3 aromatic heterocycles. The zero-order valence-corrected chi connectivity index (χ0v) is 12.5. The van der Waals surface area contributed by atoms with E-state index in [4.69, 9.17) is 0 Å². The van der Waals surface area contributed by atoms with Crippen LogP contribution in [0.3, 0.4) is 0 Å². The molecule has 21 heavy (non-hydrogen) atoms. The van der Waals surface area contributed by atoms with Gasteiger partial charge in [0.15, 0.2) is 5.82 Å². The van der Waals surface area contributed by atoms with E-state index in [0.717, 1.165) is 30.3 Å². The Balaban J connectivity index is 1.80. The molecule has 0 aromatic carbocycles. The molecule has 1 N–H and O–H groups in total. The predicted molar refractivity (Wildman–Crippen MR) is 80.5 cm³/mol. The van der Waals surface area contributed by atoms with Crippen LogP contribution in [-0.2, 0) is 6.54 Å². The van der Waals surface area contributed by atoms with Crippen molar-refractivity contribution in [1.82, 2.24) is 29.4 Å². The van der Waals surface area contributed by atoms with Crippen molar-refractivity contribution in [3.05, 3.63) is 30.4 Å². The van der Waals surface area contributed by atoms with Crippen molar-refractivity contribution in [2.75, 3.05) is 5.32 Å². The van der Waals surface area contributed by atoms with Gasteiger partial charge in [-0.1, -0.05) is 13.8 Å². The minimum Gasteiger partial charge on any atom is -0.323 e. The first-order valence-electron chi connectivity index (χ1n) is 7.09. The van der Waals surface area contributed by atoms with Crippen LogP contribution in [0.15, 0.2) is 24.7 Å². The van der Waals surface area contributed by atoms with Gasteiger partial charge < -0.3 is 5.32 Å². The molecule has 3 aromatic rings. The molecule has 0 amide bonds. The molecular weight excluding hydrogens is 266 g/mol. The fourth-order valence-corrected chi connectivity index (χ4v) is 2.09. The minimum absolute atomic E-state index is 0.580. The fourth-order valence-electron chi connectivity index (χ4n) is 2.09. The van der Waals surface area contributed by atoms with Crippen molar-refractivity contribution in [2.24, 2.45) is 5.92 Å². The summed E-state index contributed by atoms with van der Waals surface area (Å²) in [5, 5.41) is 12.0. The van der Waals surface area contributed by atoms with Gasteiger partial charge in [0.25, 0.3) is 5.78 Å². The second kappa shape index (κ2) is 5.51. The summed E-state index contributed by atoms with van der Waals surface area (Å²) in [6.07, 6.45) is 4.59. The molecule has 110 valence electrons. The first-order chi connectivity index (χ1) is 10.1. The molecular formula is C14H19N7. The summed E-state index contributed by atoms with van der Waals surface area (Å²) >= 11 is 0. The summed E-state index contributed by atoms with van der Waals surface area (Å²) in [5.74, 6) is 2.85. The SMILES string of the molecule is Cc1cc(Nc2ccn(CCC(C)C)n2)n2ncnc2n1. The van der Waals surface area contributed by atoms with Gasteiger partial charge in [-0.25, -0.2) is 4.98 Å². The molecule has 0 unspecified atom stereocenters. The Labute approximate surface area is 123 Å². The standard InChI is InChI=1S/C14H19N7/c1-10(2)4-6-20-7-5-12(19-20)18-13-8-11(3)17-14-15-9-16-21(13)14/h5,7-10H,4,6H2,1-3H3,(H,18,19). The summed E-state index contributed by atoms with van der Waals surface area (Å²) in [7, 11) is 0. The van der Waals surface area contributed by atoms with E-state index in [1.807, 2.05) is 29.9 Å². The van der Waals surface area contributed by atoms with Crippen LogP contribution in [0.4, 0.5) is 11.6 Å². The third-order valence-corrected chi connectivity index (χ3v) is 3.21. The van der Waals surface area contributed by atoms with E-state index in [2.05, 4.69) is 39.3 Å². The van der Waals surface area contributed by atoms with Crippen molar-refractivity contribution >= 4 is 17.4 Å². The number of rotatable bonds is 5. The van der Waals surface area contributed by atoms with Crippen molar-refractivity contribution in [3.8, 4) is 0 Å². The number of aromatic nitrogens is 6. The van der Waals surface area contributed by atoms with Crippen LogP contribution in [-0.4, -0.2) is 29.4 Å². The van der Waals surface area contributed by atoms with E-state index in [-0.39, 0.29) is 0 Å². The van der Waals surface area contributed by atoms with E-state index < -0.39 is 0 Å². The van der Waals surface area contributed by atoms with Gasteiger partial charge in [0.05, 0.1) is 0 Å². The van der Waals surface area contributed by atoms with Crippen LogP contribution in [0.25, 0.3) is 5.78 Å². The number of fused-ring (bicyclic) bond motifs is 1. The summed E-state index contributed by atoms with van der Waals surface area (Å²) in [6.45, 7) is 7.28. The Morgan fingerprint density at radius 2 is 2.19 bits per heavy atom. The molecule has 0 saturated carbocycles. The highest BCUT2D eigenvalue weighted by Gasteiger charge is 2.07. The lowest BCUT2D eigenvalue weighted by molar-refractivity contribution is 0.488. The van der Waals surface area contributed by atoms with Gasteiger partial charge >= 0.3 is 0 Å². The quantitative estimate of drug-likeness (QED) is 0.779. The summed E-state index contributed by atoms with van der Waals surface area (Å²) in [4.78, 5) is 8.43. The predicted octanol–water partition coefficient (Wildman–Crippen LogP) is 2.42. The number of aryl methyl sites for hydroxylation is 2. The summed E-state index contributed by atoms with van der Waals surface area (Å²) in [5.41, 5.74) is 0.886. The van der Waals surface area contributed by atoms with Crippen molar-refractivity contribution in [3.63, 3.8) is 0 Å². The molecule has 3 rings (SSSR count). The first-order valence-corrected chi connectivity index (χ1v) is 7.09. The van der Waals surface area contributed by atoms with Crippen LogP contribution < -0.4 is 5.32 Å². The molecule has 0 aliphatic heterocycles. The molecule has 0 saturated heterocycles. The second-order valence-corrected chi connectivity index (χ2v) is 5.53. The van der Waals surface area contributed by atoms with Gasteiger partial charge in [0.2, 0.25) is 0 Å². The van der Waals surface area contributed by atoms with Crippen molar-refractivity contribution < 1.29 is 0 Å². The average Bonchev–Trinajstić information content (AvgIpc) is 3.05. The maximum atomic E-state index is 4.52. The van der Waals surface area contributed by atoms with Crippen molar-refractivity contribution in [2.45, 2.75) is 33.7 Å². The van der Waals surface area contributed by atoms with E-state index in [9.17, 15) is 0 Å². The molecule has 0 atom stereocenters. The fraction of sp³-hybridized carbons (Fsp3) is 0.429. The monoisotopic (exact) mass is 285 g/mol. The third-order valence-electron chi connectivity index (χ3n) is 3.21. The van der Waals surface area contributed by atoms with E-state index in [0.29, 0.717) is 11.7 Å². The zero-order chi connectivity index (χ0) is 14.8. The van der Waals surface area contributed by atoms with E-state index >= 15 is 0 Å². The number of anilines is 2. The van der Waals surface area contributed by atoms with Gasteiger partial charge in [-0.05, 0) is 19.3 Å². The largest absolute Gasteiger partial charge is 0.323 e.